The van der Waals surface area contributed by atoms with Gasteiger partial charge < -0.3 is 0 Å². The summed E-state index contributed by atoms with van der Waals surface area (Å²) in [5, 5.41) is 0. The Kier molecular flexibility index (Phi) is 8.98. The van der Waals surface area contributed by atoms with Gasteiger partial charge in [0.2, 0.25) is 0 Å². The average Bonchev–Trinajstić information content (AvgIpc) is 2.51. The molecule has 0 spiro atoms. The molecular formula is C22H30. The monoisotopic (exact) mass is 294 g/mol. The summed E-state index contributed by atoms with van der Waals surface area (Å²) in [6.07, 6.45) is 14.5. The van der Waals surface area contributed by atoms with Crippen molar-refractivity contribution in [3.8, 4) is 0 Å². The van der Waals surface area contributed by atoms with E-state index in [1.165, 1.54) is 22.3 Å². The Morgan fingerprint density at radius 2 is 1.77 bits per heavy atom. The molecule has 0 unspecified atom stereocenters. The molecule has 22 heavy (non-hydrogen) atoms. The van der Waals surface area contributed by atoms with Crippen molar-refractivity contribution in [1.82, 2.24) is 0 Å². The standard InChI is InChI=1S/C22H30/c1-5-21(17-11-12-19(2)3)18-20(4)13-9-10-16-22-14-7-6-8-15-22/h5-8,10,12,14-16H,4,9,11,13,17-18H2,1-3H3/b16-10?,21-5+. The fourth-order valence-corrected chi connectivity index (χ4v) is 2.36. The Hall–Kier alpha value is -1.82. The largest absolute Gasteiger partial charge is 0.0995 e. The van der Waals surface area contributed by atoms with Crippen molar-refractivity contribution >= 4 is 6.08 Å². The van der Waals surface area contributed by atoms with Crippen LogP contribution in [0.4, 0.5) is 0 Å². The van der Waals surface area contributed by atoms with E-state index in [0.29, 0.717) is 0 Å². The molecule has 0 aliphatic carbocycles. The first kappa shape index (κ1) is 18.2. The Bertz CT molecular complexity index is 522. The maximum absolute atomic E-state index is 4.24. The molecule has 0 radical (unpaired) electrons. The summed E-state index contributed by atoms with van der Waals surface area (Å²) in [7, 11) is 0. The summed E-state index contributed by atoms with van der Waals surface area (Å²) in [4.78, 5) is 0. The molecule has 118 valence electrons. The van der Waals surface area contributed by atoms with Crippen molar-refractivity contribution in [3.05, 3.63) is 77.4 Å². The van der Waals surface area contributed by atoms with E-state index < -0.39 is 0 Å². The predicted molar refractivity (Wildman–Crippen MR) is 101 cm³/mol. The van der Waals surface area contributed by atoms with Gasteiger partial charge in [0.05, 0.1) is 0 Å². The zero-order valence-corrected chi connectivity index (χ0v) is 14.4. The molecule has 0 aliphatic rings. The van der Waals surface area contributed by atoms with Crippen LogP contribution in [0.3, 0.4) is 0 Å². The van der Waals surface area contributed by atoms with Crippen molar-refractivity contribution in [2.24, 2.45) is 0 Å². The third-order valence-electron chi connectivity index (χ3n) is 3.68. The van der Waals surface area contributed by atoms with Crippen molar-refractivity contribution in [2.75, 3.05) is 0 Å². The molecule has 0 heteroatoms. The molecule has 1 aromatic rings. The maximum Gasteiger partial charge on any atom is -0.0111 e. The van der Waals surface area contributed by atoms with Crippen molar-refractivity contribution in [2.45, 2.75) is 52.9 Å². The van der Waals surface area contributed by atoms with Crippen LogP contribution in [-0.4, -0.2) is 0 Å². The molecule has 0 nitrogen and oxygen atoms in total. The zero-order chi connectivity index (χ0) is 16.2. The third kappa shape index (κ3) is 8.46. The summed E-state index contributed by atoms with van der Waals surface area (Å²) in [6.45, 7) is 10.7. The van der Waals surface area contributed by atoms with Gasteiger partial charge >= 0.3 is 0 Å². The number of rotatable bonds is 9. The van der Waals surface area contributed by atoms with Gasteiger partial charge in [-0.2, -0.15) is 0 Å². The third-order valence-corrected chi connectivity index (χ3v) is 3.68. The van der Waals surface area contributed by atoms with Gasteiger partial charge in [-0.25, -0.2) is 0 Å². The highest BCUT2D eigenvalue weighted by Crippen LogP contribution is 2.19. The van der Waals surface area contributed by atoms with E-state index in [0.717, 1.165) is 32.1 Å². The first-order valence-electron chi connectivity index (χ1n) is 8.27. The minimum Gasteiger partial charge on any atom is -0.0995 e. The highest BCUT2D eigenvalue weighted by Gasteiger charge is 1.99. The molecule has 0 fully saturated rings. The maximum atomic E-state index is 4.24. The summed E-state index contributed by atoms with van der Waals surface area (Å²) in [5.74, 6) is 0. The Morgan fingerprint density at radius 3 is 2.41 bits per heavy atom. The van der Waals surface area contributed by atoms with E-state index in [1.54, 1.807) is 0 Å². The van der Waals surface area contributed by atoms with Gasteiger partial charge in [-0.05, 0) is 58.4 Å². The van der Waals surface area contributed by atoms with Crippen molar-refractivity contribution in [3.63, 3.8) is 0 Å². The van der Waals surface area contributed by atoms with Gasteiger partial charge in [0.15, 0.2) is 0 Å². The van der Waals surface area contributed by atoms with Crippen molar-refractivity contribution < 1.29 is 0 Å². The molecule has 1 aromatic carbocycles. The fourth-order valence-electron chi connectivity index (χ4n) is 2.36. The highest BCUT2D eigenvalue weighted by molar-refractivity contribution is 5.48. The van der Waals surface area contributed by atoms with E-state index in [4.69, 9.17) is 0 Å². The topological polar surface area (TPSA) is 0 Å². The second-order valence-corrected chi connectivity index (χ2v) is 6.05. The molecule has 0 saturated carbocycles. The van der Waals surface area contributed by atoms with E-state index in [2.05, 4.69) is 75.9 Å². The van der Waals surface area contributed by atoms with Crippen LogP contribution in [0.1, 0.15) is 58.4 Å². The molecule has 0 saturated heterocycles. The van der Waals surface area contributed by atoms with Gasteiger partial charge in [0.25, 0.3) is 0 Å². The molecular weight excluding hydrogens is 264 g/mol. The smallest absolute Gasteiger partial charge is 0.0111 e. The lowest BCUT2D eigenvalue weighted by Gasteiger charge is -2.08. The van der Waals surface area contributed by atoms with Gasteiger partial charge in [-0.1, -0.05) is 77.9 Å². The van der Waals surface area contributed by atoms with Crippen LogP contribution in [0.25, 0.3) is 6.08 Å². The van der Waals surface area contributed by atoms with E-state index in [1.807, 2.05) is 6.07 Å². The first-order valence-corrected chi connectivity index (χ1v) is 8.27. The normalized spacial score (nSPS) is 11.7. The number of allylic oxidation sites excluding steroid dienone is 6. The average molecular weight is 294 g/mol. The van der Waals surface area contributed by atoms with Gasteiger partial charge in [-0.3, -0.25) is 0 Å². The Labute approximate surface area is 137 Å². The first-order chi connectivity index (χ1) is 10.6. The van der Waals surface area contributed by atoms with E-state index in [9.17, 15) is 0 Å². The molecule has 0 N–H and O–H groups in total. The molecule has 1 rings (SSSR count). The molecule has 0 atom stereocenters. The van der Waals surface area contributed by atoms with Crippen LogP contribution in [0.15, 0.2) is 71.9 Å². The van der Waals surface area contributed by atoms with E-state index >= 15 is 0 Å². The predicted octanol–water partition coefficient (Wildman–Crippen LogP) is 7.12. The Morgan fingerprint density at radius 1 is 1.05 bits per heavy atom. The summed E-state index contributed by atoms with van der Waals surface area (Å²) in [6, 6.07) is 10.5. The zero-order valence-electron chi connectivity index (χ0n) is 14.4. The van der Waals surface area contributed by atoms with Gasteiger partial charge in [0.1, 0.15) is 0 Å². The van der Waals surface area contributed by atoms with Crippen LogP contribution < -0.4 is 0 Å². The molecule has 0 heterocycles. The van der Waals surface area contributed by atoms with Crippen LogP contribution in [0.5, 0.6) is 0 Å². The summed E-state index contributed by atoms with van der Waals surface area (Å²) < 4.78 is 0. The fraction of sp³-hybridized carbons (Fsp3) is 0.364. The molecule has 0 aromatic heterocycles. The minimum atomic E-state index is 1.05. The minimum absolute atomic E-state index is 1.05. The van der Waals surface area contributed by atoms with Crippen molar-refractivity contribution in [1.29, 1.82) is 0 Å². The lowest BCUT2D eigenvalue weighted by atomic mass is 9.98. The second-order valence-electron chi connectivity index (χ2n) is 6.05. The molecule has 0 bridgehead atoms. The lowest BCUT2D eigenvalue weighted by Crippen LogP contribution is -1.88. The van der Waals surface area contributed by atoms with Crippen LogP contribution in [0, 0.1) is 0 Å². The second kappa shape index (κ2) is 10.8. The lowest BCUT2D eigenvalue weighted by molar-refractivity contribution is 0.863. The van der Waals surface area contributed by atoms with Gasteiger partial charge in [-0.15, -0.1) is 0 Å². The highest BCUT2D eigenvalue weighted by atomic mass is 14.1. The summed E-state index contributed by atoms with van der Waals surface area (Å²) in [5.41, 5.74) is 5.52. The van der Waals surface area contributed by atoms with Gasteiger partial charge in [0, 0.05) is 0 Å². The number of hydrogen-bond donors (Lipinski definition) is 0. The summed E-state index contributed by atoms with van der Waals surface area (Å²) >= 11 is 0. The number of benzene rings is 1. The quantitative estimate of drug-likeness (QED) is 0.425. The van der Waals surface area contributed by atoms with Crippen LogP contribution in [0.2, 0.25) is 0 Å². The molecule has 0 amide bonds. The molecule has 0 aliphatic heterocycles. The van der Waals surface area contributed by atoms with Crippen LogP contribution in [-0.2, 0) is 0 Å². The van der Waals surface area contributed by atoms with E-state index in [-0.39, 0.29) is 0 Å². The Balaban J connectivity index is 2.30. The SMILES string of the molecule is C=C(CCC=Cc1ccccc1)C/C(=C/C)CCC=C(C)C. The van der Waals surface area contributed by atoms with Crippen LogP contribution >= 0.6 is 0 Å². The number of hydrogen-bond acceptors (Lipinski definition) is 0.